The van der Waals surface area contributed by atoms with E-state index in [2.05, 4.69) is 35.3 Å². The fourth-order valence-electron chi connectivity index (χ4n) is 3.21. The zero-order valence-corrected chi connectivity index (χ0v) is 11.6. The second-order valence-corrected chi connectivity index (χ2v) is 6.40. The summed E-state index contributed by atoms with van der Waals surface area (Å²) in [6.07, 6.45) is 10.7. The smallest absolute Gasteiger partial charge is 0.00964 e. The molecule has 1 saturated carbocycles. The fourth-order valence-corrected chi connectivity index (χ4v) is 3.89. The van der Waals surface area contributed by atoms with Crippen molar-refractivity contribution in [2.45, 2.75) is 55.9 Å². The SMILES string of the molecule is CNC1CCC(N2CCC(SC)CC2)CC1. The maximum atomic E-state index is 3.42. The quantitative estimate of drug-likeness (QED) is 0.818. The number of likely N-dealkylation sites (tertiary alicyclic amines) is 1. The van der Waals surface area contributed by atoms with E-state index in [9.17, 15) is 0 Å². The molecule has 2 fully saturated rings. The molecule has 2 aliphatic rings. The molecule has 0 spiro atoms. The minimum Gasteiger partial charge on any atom is -0.317 e. The van der Waals surface area contributed by atoms with E-state index in [1.807, 2.05) is 0 Å². The summed E-state index contributed by atoms with van der Waals surface area (Å²) in [5, 5.41) is 4.36. The summed E-state index contributed by atoms with van der Waals surface area (Å²) in [5.41, 5.74) is 0. The molecular weight excluding hydrogens is 216 g/mol. The van der Waals surface area contributed by atoms with Crippen molar-refractivity contribution in [1.82, 2.24) is 10.2 Å². The second-order valence-electron chi connectivity index (χ2n) is 5.27. The van der Waals surface area contributed by atoms with Crippen molar-refractivity contribution in [2.75, 3.05) is 26.4 Å². The fraction of sp³-hybridized carbons (Fsp3) is 1.00. The second kappa shape index (κ2) is 6.27. The van der Waals surface area contributed by atoms with Gasteiger partial charge < -0.3 is 10.2 Å². The highest BCUT2D eigenvalue weighted by Gasteiger charge is 2.27. The molecule has 0 unspecified atom stereocenters. The van der Waals surface area contributed by atoms with E-state index in [1.165, 1.54) is 51.6 Å². The van der Waals surface area contributed by atoms with Crippen LogP contribution in [0, 0.1) is 0 Å². The molecule has 16 heavy (non-hydrogen) atoms. The van der Waals surface area contributed by atoms with Crippen LogP contribution >= 0.6 is 11.8 Å². The molecule has 2 nitrogen and oxygen atoms in total. The molecule has 1 N–H and O–H groups in total. The summed E-state index contributed by atoms with van der Waals surface area (Å²) in [4.78, 5) is 2.76. The van der Waals surface area contributed by atoms with Crippen molar-refractivity contribution >= 4 is 11.8 Å². The molecule has 3 heteroatoms. The third-order valence-electron chi connectivity index (χ3n) is 4.43. The lowest BCUT2D eigenvalue weighted by molar-refractivity contribution is 0.124. The summed E-state index contributed by atoms with van der Waals surface area (Å²) in [5.74, 6) is 0. The minimum atomic E-state index is 0.792. The Kier molecular flexibility index (Phi) is 4.98. The maximum Gasteiger partial charge on any atom is 0.00964 e. The molecule has 2 rings (SSSR count). The summed E-state index contributed by atoms with van der Waals surface area (Å²) >= 11 is 2.06. The van der Waals surface area contributed by atoms with E-state index in [0.29, 0.717) is 0 Å². The van der Waals surface area contributed by atoms with Crippen LogP contribution in [-0.4, -0.2) is 48.6 Å². The first-order valence-electron chi connectivity index (χ1n) is 6.77. The molecule has 1 aliphatic heterocycles. The van der Waals surface area contributed by atoms with Crippen LogP contribution in [0.2, 0.25) is 0 Å². The number of piperidine rings is 1. The number of hydrogen-bond acceptors (Lipinski definition) is 3. The van der Waals surface area contributed by atoms with E-state index in [0.717, 1.165) is 17.3 Å². The topological polar surface area (TPSA) is 15.3 Å². The van der Waals surface area contributed by atoms with Crippen LogP contribution < -0.4 is 5.32 Å². The van der Waals surface area contributed by atoms with Crippen molar-refractivity contribution in [1.29, 1.82) is 0 Å². The van der Waals surface area contributed by atoms with Crippen molar-refractivity contribution in [3.63, 3.8) is 0 Å². The van der Waals surface area contributed by atoms with Gasteiger partial charge >= 0.3 is 0 Å². The molecule has 0 radical (unpaired) electrons. The van der Waals surface area contributed by atoms with Gasteiger partial charge in [0.1, 0.15) is 0 Å². The largest absolute Gasteiger partial charge is 0.317 e. The monoisotopic (exact) mass is 242 g/mol. The number of hydrogen-bond donors (Lipinski definition) is 1. The van der Waals surface area contributed by atoms with Gasteiger partial charge in [0.2, 0.25) is 0 Å². The van der Waals surface area contributed by atoms with Crippen molar-refractivity contribution in [2.24, 2.45) is 0 Å². The first kappa shape index (κ1) is 12.7. The molecule has 0 amide bonds. The standard InChI is InChI=1S/C13H26N2S/c1-14-11-3-5-12(6-4-11)15-9-7-13(16-2)8-10-15/h11-14H,3-10H2,1-2H3. The van der Waals surface area contributed by atoms with E-state index >= 15 is 0 Å². The molecule has 0 atom stereocenters. The highest BCUT2D eigenvalue weighted by atomic mass is 32.2. The Balaban J connectivity index is 1.73. The van der Waals surface area contributed by atoms with Crippen molar-refractivity contribution < 1.29 is 0 Å². The number of nitrogens with one attached hydrogen (secondary N) is 1. The third kappa shape index (κ3) is 3.14. The van der Waals surface area contributed by atoms with Crippen LogP contribution in [0.3, 0.4) is 0 Å². The normalized spacial score (nSPS) is 34.1. The number of rotatable bonds is 3. The van der Waals surface area contributed by atoms with Gasteiger partial charge in [0.15, 0.2) is 0 Å². The first-order chi connectivity index (χ1) is 7.83. The summed E-state index contributed by atoms with van der Waals surface area (Å²) in [6.45, 7) is 2.70. The average Bonchev–Trinajstić information content (AvgIpc) is 2.39. The van der Waals surface area contributed by atoms with Gasteiger partial charge in [-0.1, -0.05) is 0 Å². The van der Waals surface area contributed by atoms with E-state index in [1.54, 1.807) is 0 Å². The average molecular weight is 242 g/mol. The van der Waals surface area contributed by atoms with Crippen LogP contribution in [0.4, 0.5) is 0 Å². The minimum absolute atomic E-state index is 0.792. The Morgan fingerprint density at radius 2 is 1.62 bits per heavy atom. The Bertz CT molecular complexity index is 172. The highest BCUT2D eigenvalue weighted by molar-refractivity contribution is 7.99. The Morgan fingerprint density at radius 3 is 2.12 bits per heavy atom. The molecule has 0 aromatic carbocycles. The number of thioether (sulfide) groups is 1. The molecule has 94 valence electrons. The van der Waals surface area contributed by atoms with Gasteiger partial charge in [-0.25, -0.2) is 0 Å². The molecule has 1 saturated heterocycles. The van der Waals surface area contributed by atoms with Gasteiger partial charge in [-0.05, 0) is 64.9 Å². The molecule has 0 aromatic rings. The van der Waals surface area contributed by atoms with Crippen molar-refractivity contribution in [3.8, 4) is 0 Å². The highest BCUT2D eigenvalue weighted by Crippen LogP contribution is 2.28. The third-order valence-corrected chi connectivity index (χ3v) is 5.57. The number of nitrogens with zero attached hydrogens (tertiary/aromatic N) is 1. The lowest BCUT2D eigenvalue weighted by atomic mass is 9.89. The van der Waals surface area contributed by atoms with Crippen LogP contribution in [-0.2, 0) is 0 Å². The van der Waals surface area contributed by atoms with Crippen LogP contribution in [0.5, 0.6) is 0 Å². The summed E-state index contributed by atoms with van der Waals surface area (Å²) in [7, 11) is 2.11. The molecule has 0 aromatic heterocycles. The van der Waals surface area contributed by atoms with Gasteiger partial charge in [-0.15, -0.1) is 0 Å². The van der Waals surface area contributed by atoms with Gasteiger partial charge in [-0.2, -0.15) is 11.8 Å². The predicted molar refractivity (Wildman–Crippen MR) is 73.2 cm³/mol. The van der Waals surface area contributed by atoms with Crippen LogP contribution in [0.25, 0.3) is 0 Å². The summed E-state index contributed by atoms with van der Waals surface area (Å²) < 4.78 is 0. The Morgan fingerprint density at radius 1 is 1.00 bits per heavy atom. The van der Waals surface area contributed by atoms with Gasteiger partial charge in [0, 0.05) is 17.3 Å². The predicted octanol–water partition coefficient (Wildman–Crippen LogP) is 2.34. The summed E-state index contributed by atoms with van der Waals surface area (Å²) in [6, 6.07) is 1.69. The van der Waals surface area contributed by atoms with E-state index < -0.39 is 0 Å². The zero-order valence-electron chi connectivity index (χ0n) is 10.7. The molecular formula is C13H26N2S. The Labute approximate surface area is 105 Å². The first-order valence-corrected chi connectivity index (χ1v) is 8.06. The maximum absolute atomic E-state index is 3.42. The van der Waals surface area contributed by atoms with E-state index in [4.69, 9.17) is 0 Å². The van der Waals surface area contributed by atoms with E-state index in [-0.39, 0.29) is 0 Å². The van der Waals surface area contributed by atoms with Crippen LogP contribution in [0.15, 0.2) is 0 Å². The van der Waals surface area contributed by atoms with Crippen molar-refractivity contribution in [3.05, 3.63) is 0 Å². The zero-order chi connectivity index (χ0) is 11.4. The lowest BCUT2D eigenvalue weighted by Gasteiger charge is -2.40. The lowest BCUT2D eigenvalue weighted by Crippen LogP contribution is -2.45. The van der Waals surface area contributed by atoms with Gasteiger partial charge in [0.05, 0.1) is 0 Å². The molecule has 1 heterocycles. The van der Waals surface area contributed by atoms with Crippen LogP contribution in [0.1, 0.15) is 38.5 Å². The van der Waals surface area contributed by atoms with Gasteiger partial charge in [0.25, 0.3) is 0 Å². The van der Waals surface area contributed by atoms with Gasteiger partial charge in [-0.3, -0.25) is 0 Å². The molecule has 0 bridgehead atoms. The Hall–Kier alpha value is 0.270. The molecule has 1 aliphatic carbocycles.